The van der Waals surface area contributed by atoms with Gasteiger partial charge >= 0.3 is 0 Å². The lowest BCUT2D eigenvalue weighted by atomic mass is 10.0. The van der Waals surface area contributed by atoms with Crippen molar-refractivity contribution in [2.45, 2.75) is 24.3 Å². The fraction of sp³-hybridized carbons (Fsp3) is 0.462. The molecule has 0 atom stereocenters. The van der Waals surface area contributed by atoms with E-state index in [1.807, 2.05) is 0 Å². The van der Waals surface area contributed by atoms with Crippen LogP contribution < -0.4 is 10.1 Å². The number of rotatable bonds is 3. The van der Waals surface area contributed by atoms with Crippen LogP contribution in [0.3, 0.4) is 0 Å². The Labute approximate surface area is 129 Å². The van der Waals surface area contributed by atoms with Gasteiger partial charge in [0.25, 0.3) is 0 Å². The average molecular weight is 333 g/mol. The summed E-state index contributed by atoms with van der Waals surface area (Å²) in [7, 11) is -2.52. The molecule has 1 amide bonds. The minimum Gasteiger partial charge on any atom is -0.495 e. The third-order valence-corrected chi connectivity index (χ3v) is 5.80. The standard InChI is InChI=1S/C13H17ClN2O4S/c1-13(2)12(17)15-6-7-16(13)21(18,19)11-8-9(14)4-5-10(11)20-3/h4-5,8H,6-7H2,1-3H3,(H,15,17). The Hall–Kier alpha value is -1.31. The molecule has 0 radical (unpaired) electrons. The number of benzene rings is 1. The highest BCUT2D eigenvalue weighted by Crippen LogP contribution is 2.33. The largest absolute Gasteiger partial charge is 0.495 e. The van der Waals surface area contributed by atoms with Crippen molar-refractivity contribution in [3.05, 3.63) is 23.2 Å². The maximum atomic E-state index is 12.9. The summed E-state index contributed by atoms with van der Waals surface area (Å²) in [6, 6.07) is 4.37. The Morgan fingerprint density at radius 2 is 2.05 bits per heavy atom. The molecule has 1 fully saturated rings. The zero-order chi connectivity index (χ0) is 15.8. The Kier molecular flexibility index (Phi) is 4.19. The van der Waals surface area contributed by atoms with Crippen molar-refractivity contribution in [2.24, 2.45) is 0 Å². The Balaban J connectivity index is 2.57. The van der Waals surface area contributed by atoms with Crippen molar-refractivity contribution in [3.63, 3.8) is 0 Å². The number of nitrogens with zero attached hydrogens (tertiary/aromatic N) is 1. The fourth-order valence-corrected chi connectivity index (χ4v) is 4.44. The molecule has 1 aromatic rings. The minimum atomic E-state index is -3.90. The maximum absolute atomic E-state index is 12.9. The molecule has 1 saturated heterocycles. The van der Waals surface area contributed by atoms with Crippen molar-refractivity contribution in [2.75, 3.05) is 20.2 Å². The number of ether oxygens (including phenoxy) is 1. The van der Waals surface area contributed by atoms with Crippen LogP contribution in [0, 0.1) is 0 Å². The summed E-state index contributed by atoms with van der Waals surface area (Å²) in [5, 5.41) is 2.95. The molecule has 0 aromatic heterocycles. The molecule has 1 aliphatic rings. The number of hydrogen-bond acceptors (Lipinski definition) is 4. The highest BCUT2D eigenvalue weighted by Gasteiger charge is 2.45. The van der Waals surface area contributed by atoms with Gasteiger partial charge in [-0.15, -0.1) is 0 Å². The van der Waals surface area contributed by atoms with Crippen molar-refractivity contribution in [3.8, 4) is 5.75 Å². The Morgan fingerprint density at radius 3 is 2.67 bits per heavy atom. The number of piperazine rings is 1. The molecule has 0 bridgehead atoms. The van der Waals surface area contributed by atoms with Crippen molar-refractivity contribution < 1.29 is 17.9 Å². The summed E-state index contributed by atoms with van der Waals surface area (Å²) in [6.07, 6.45) is 0. The molecule has 1 aliphatic heterocycles. The predicted octanol–water partition coefficient (Wildman–Crippen LogP) is 1.25. The first kappa shape index (κ1) is 16.1. The van der Waals surface area contributed by atoms with Crippen LogP contribution >= 0.6 is 11.6 Å². The SMILES string of the molecule is COc1ccc(Cl)cc1S(=O)(=O)N1CCNC(=O)C1(C)C. The normalized spacial score (nSPS) is 19.1. The van der Waals surface area contributed by atoms with Crippen molar-refractivity contribution >= 4 is 27.5 Å². The number of carbonyl (C=O) groups excluding carboxylic acids is 1. The molecule has 0 spiro atoms. The summed E-state index contributed by atoms with van der Waals surface area (Å²) >= 11 is 5.90. The number of halogens is 1. The van der Waals surface area contributed by atoms with E-state index in [9.17, 15) is 13.2 Å². The summed E-state index contributed by atoms with van der Waals surface area (Å²) < 4.78 is 32.1. The quantitative estimate of drug-likeness (QED) is 0.903. The molecule has 21 heavy (non-hydrogen) atoms. The van der Waals surface area contributed by atoms with Crippen LogP contribution in [0.1, 0.15) is 13.8 Å². The highest BCUT2D eigenvalue weighted by molar-refractivity contribution is 7.89. The van der Waals surface area contributed by atoms with Crippen molar-refractivity contribution in [1.82, 2.24) is 9.62 Å². The van der Waals surface area contributed by atoms with E-state index in [2.05, 4.69) is 5.32 Å². The first-order valence-electron chi connectivity index (χ1n) is 6.36. The molecule has 0 aliphatic carbocycles. The van der Waals surface area contributed by atoms with Gasteiger partial charge in [-0.2, -0.15) is 4.31 Å². The van der Waals surface area contributed by atoms with Gasteiger partial charge in [0.1, 0.15) is 16.2 Å². The van der Waals surface area contributed by atoms with Gasteiger partial charge in [0, 0.05) is 18.1 Å². The third-order valence-electron chi connectivity index (χ3n) is 3.47. The second-order valence-electron chi connectivity index (χ2n) is 5.19. The smallest absolute Gasteiger partial charge is 0.247 e. The number of methoxy groups -OCH3 is 1. The van der Waals surface area contributed by atoms with Crippen LogP contribution in [-0.2, 0) is 14.8 Å². The van der Waals surface area contributed by atoms with Crippen LogP contribution in [-0.4, -0.2) is 44.4 Å². The first-order valence-corrected chi connectivity index (χ1v) is 8.17. The lowest BCUT2D eigenvalue weighted by molar-refractivity contribution is -0.131. The van der Waals surface area contributed by atoms with E-state index in [1.165, 1.54) is 23.5 Å². The third kappa shape index (κ3) is 2.73. The number of hydrogen-bond donors (Lipinski definition) is 1. The Bertz CT molecular complexity index is 673. The maximum Gasteiger partial charge on any atom is 0.247 e. The molecule has 0 saturated carbocycles. The van der Waals surface area contributed by atoms with E-state index in [0.29, 0.717) is 0 Å². The molecule has 1 N–H and O–H groups in total. The molecule has 2 rings (SSSR count). The van der Waals surface area contributed by atoms with E-state index in [4.69, 9.17) is 16.3 Å². The monoisotopic (exact) mass is 332 g/mol. The number of nitrogens with one attached hydrogen (secondary N) is 1. The topological polar surface area (TPSA) is 75.7 Å². The van der Waals surface area contributed by atoms with Crippen molar-refractivity contribution in [1.29, 1.82) is 0 Å². The van der Waals surface area contributed by atoms with Crippen LogP contribution in [0.5, 0.6) is 5.75 Å². The van der Waals surface area contributed by atoms with Gasteiger partial charge in [0.15, 0.2) is 0 Å². The number of amides is 1. The lowest BCUT2D eigenvalue weighted by Gasteiger charge is -2.40. The molecular formula is C13H17ClN2O4S. The van der Waals surface area contributed by atoms with E-state index < -0.39 is 15.6 Å². The number of carbonyl (C=O) groups is 1. The molecule has 1 heterocycles. The van der Waals surface area contributed by atoms with Crippen LogP contribution in [0.15, 0.2) is 23.1 Å². The molecule has 1 aromatic carbocycles. The molecule has 116 valence electrons. The van der Waals surface area contributed by atoms with E-state index in [0.717, 1.165) is 0 Å². The first-order chi connectivity index (χ1) is 9.71. The average Bonchev–Trinajstić information content (AvgIpc) is 2.41. The predicted molar refractivity (Wildman–Crippen MR) is 79.0 cm³/mol. The lowest BCUT2D eigenvalue weighted by Crippen LogP contribution is -2.63. The van der Waals surface area contributed by atoms with E-state index in [1.54, 1.807) is 19.9 Å². The highest BCUT2D eigenvalue weighted by atomic mass is 35.5. The fourth-order valence-electron chi connectivity index (χ4n) is 2.27. The van der Waals surface area contributed by atoms with E-state index >= 15 is 0 Å². The van der Waals surface area contributed by atoms with Gasteiger partial charge in [-0.05, 0) is 32.0 Å². The summed E-state index contributed by atoms with van der Waals surface area (Å²) in [5.74, 6) is -0.139. The zero-order valence-corrected chi connectivity index (χ0v) is 13.6. The van der Waals surface area contributed by atoms with Crippen LogP contribution in [0.2, 0.25) is 5.02 Å². The van der Waals surface area contributed by atoms with Gasteiger partial charge in [-0.1, -0.05) is 11.6 Å². The molecular weight excluding hydrogens is 316 g/mol. The summed E-state index contributed by atoms with van der Waals surface area (Å²) in [6.45, 7) is 3.59. The molecule has 6 nitrogen and oxygen atoms in total. The minimum absolute atomic E-state index is 0.0414. The van der Waals surface area contributed by atoms with Gasteiger partial charge in [-0.3, -0.25) is 4.79 Å². The van der Waals surface area contributed by atoms with Gasteiger partial charge in [0.2, 0.25) is 15.9 Å². The van der Waals surface area contributed by atoms with Crippen LogP contribution in [0.4, 0.5) is 0 Å². The van der Waals surface area contributed by atoms with Gasteiger partial charge in [-0.25, -0.2) is 8.42 Å². The molecule has 0 unspecified atom stereocenters. The van der Waals surface area contributed by atoms with Crippen LogP contribution in [0.25, 0.3) is 0 Å². The second kappa shape index (κ2) is 5.47. The summed E-state index contributed by atoms with van der Waals surface area (Å²) in [4.78, 5) is 11.9. The zero-order valence-electron chi connectivity index (χ0n) is 12.0. The molecule has 8 heteroatoms. The number of sulfonamides is 1. The van der Waals surface area contributed by atoms with Gasteiger partial charge in [0.05, 0.1) is 7.11 Å². The Morgan fingerprint density at radius 1 is 1.38 bits per heavy atom. The second-order valence-corrected chi connectivity index (χ2v) is 7.45. The summed E-state index contributed by atoms with van der Waals surface area (Å²) in [5.41, 5.74) is -1.18. The van der Waals surface area contributed by atoms with Gasteiger partial charge < -0.3 is 10.1 Å². The van der Waals surface area contributed by atoms with E-state index in [-0.39, 0.29) is 34.7 Å².